The van der Waals surface area contributed by atoms with E-state index in [1.165, 1.54) is 22.0 Å². The first-order chi connectivity index (χ1) is 15.4. The van der Waals surface area contributed by atoms with Crippen LogP contribution < -0.4 is 5.32 Å². The minimum atomic E-state index is -3.55. The molecule has 1 amide bonds. The average molecular weight is 475 g/mol. The normalized spacial score (nSPS) is 21.7. The van der Waals surface area contributed by atoms with Gasteiger partial charge in [0.15, 0.2) is 0 Å². The lowest BCUT2D eigenvalue weighted by molar-refractivity contribution is -0.126. The molecule has 1 N–H and O–H groups in total. The molecule has 1 aliphatic carbocycles. The van der Waals surface area contributed by atoms with E-state index >= 15 is 0 Å². The van der Waals surface area contributed by atoms with Crippen molar-refractivity contribution in [3.8, 4) is 0 Å². The summed E-state index contributed by atoms with van der Waals surface area (Å²) in [5, 5.41) is 3.10. The van der Waals surface area contributed by atoms with Crippen LogP contribution in [0.4, 0.5) is 4.39 Å². The highest BCUT2D eigenvalue weighted by Crippen LogP contribution is 2.37. The monoisotopic (exact) mass is 474 g/mol. The highest BCUT2D eigenvalue weighted by Gasteiger charge is 2.34. The number of fused-ring (bicyclic) bond motifs is 2. The third-order valence-electron chi connectivity index (χ3n) is 6.86. The molecule has 0 radical (unpaired) electrons. The number of carbonyl (C=O) groups excluding carboxylic acids is 1. The number of amides is 1. The Morgan fingerprint density at radius 3 is 2.62 bits per heavy atom. The van der Waals surface area contributed by atoms with Gasteiger partial charge in [0, 0.05) is 29.7 Å². The lowest BCUT2D eigenvalue weighted by Gasteiger charge is -2.32. The predicted octanol–water partition coefficient (Wildman–Crippen LogP) is 4.07. The summed E-state index contributed by atoms with van der Waals surface area (Å²) in [6.45, 7) is 0.673. The van der Waals surface area contributed by atoms with Gasteiger partial charge < -0.3 is 5.32 Å². The van der Waals surface area contributed by atoms with Gasteiger partial charge in [0.25, 0.3) is 0 Å². The van der Waals surface area contributed by atoms with Gasteiger partial charge in [-0.1, -0.05) is 6.07 Å². The van der Waals surface area contributed by atoms with Crippen LogP contribution in [0.25, 0.3) is 0 Å². The predicted molar refractivity (Wildman–Crippen MR) is 123 cm³/mol. The van der Waals surface area contributed by atoms with E-state index in [1.807, 2.05) is 12.1 Å². The number of thioether (sulfide) groups is 1. The van der Waals surface area contributed by atoms with Crippen molar-refractivity contribution in [3.05, 3.63) is 58.9 Å². The van der Waals surface area contributed by atoms with E-state index in [0.29, 0.717) is 30.8 Å². The Balaban J connectivity index is 1.22. The number of rotatable bonds is 4. The third kappa shape index (κ3) is 4.20. The summed E-state index contributed by atoms with van der Waals surface area (Å²) in [6, 6.07) is 10.0. The van der Waals surface area contributed by atoms with Gasteiger partial charge in [0.1, 0.15) is 5.82 Å². The summed E-state index contributed by atoms with van der Waals surface area (Å²) >= 11 is 1.68. The Bertz CT molecular complexity index is 1140. The lowest BCUT2D eigenvalue weighted by Crippen LogP contribution is -2.44. The van der Waals surface area contributed by atoms with Gasteiger partial charge in [0.05, 0.1) is 10.9 Å². The average Bonchev–Trinajstić information content (AvgIpc) is 3.27. The molecule has 1 unspecified atom stereocenters. The van der Waals surface area contributed by atoms with Crippen molar-refractivity contribution in [1.82, 2.24) is 9.62 Å². The number of sulfonamides is 1. The van der Waals surface area contributed by atoms with Crippen molar-refractivity contribution in [1.29, 1.82) is 0 Å². The van der Waals surface area contributed by atoms with E-state index in [-0.39, 0.29) is 23.7 Å². The van der Waals surface area contributed by atoms with Gasteiger partial charge in [-0.2, -0.15) is 4.31 Å². The Hall–Kier alpha value is -1.90. The standard InChI is InChI=1S/C24H27FN2O3S2/c25-19-5-7-23-21(15-19)22(10-13-31-23)26-24(28)17-8-11-27(12-9-17)32(29,30)20-6-4-16-2-1-3-18(16)14-20/h4-7,14-15,17,22H,1-3,8-13H2,(H,26,28). The summed E-state index contributed by atoms with van der Waals surface area (Å²) in [5.74, 6) is 0.288. The zero-order valence-corrected chi connectivity index (χ0v) is 19.5. The van der Waals surface area contributed by atoms with E-state index in [9.17, 15) is 17.6 Å². The maximum Gasteiger partial charge on any atom is 0.243 e. The molecule has 5 rings (SSSR count). The molecule has 170 valence electrons. The smallest absolute Gasteiger partial charge is 0.243 e. The zero-order valence-electron chi connectivity index (χ0n) is 17.8. The molecule has 1 atom stereocenters. The number of nitrogens with zero attached hydrogens (tertiary/aromatic N) is 1. The fourth-order valence-electron chi connectivity index (χ4n) is 5.02. The second kappa shape index (κ2) is 8.80. The molecule has 0 spiro atoms. The molecule has 0 saturated carbocycles. The van der Waals surface area contributed by atoms with E-state index in [0.717, 1.165) is 47.5 Å². The van der Waals surface area contributed by atoms with Crippen molar-refractivity contribution >= 4 is 27.7 Å². The summed E-state index contributed by atoms with van der Waals surface area (Å²) in [4.78, 5) is 14.3. The Kier molecular flexibility index (Phi) is 6.03. The van der Waals surface area contributed by atoms with Gasteiger partial charge in [-0.3, -0.25) is 4.79 Å². The number of hydrogen-bond acceptors (Lipinski definition) is 4. The van der Waals surface area contributed by atoms with Gasteiger partial charge in [-0.25, -0.2) is 12.8 Å². The molecule has 2 aromatic rings. The SMILES string of the molecule is O=C(NC1CCSc2ccc(F)cc21)C1CCN(S(=O)(=O)c2ccc3c(c2)CCC3)CC1. The summed E-state index contributed by atoms with van der Waals surface area (Å²) in [6.07, 6.45) is 4.79. The quantitative estimate of drug-likeness (QED) is 0.726. The van der Waals surface area contributed by atoms with Crippen LogP contribution in [0.3, 0.4) is 0 Å². The zero-order chi connectivity index (χ0) is 22.3. The van der Waals surface area contributed by atoms with Crippen LogP contribution in [0.1, 0.15) is 48.4 Å². The molecule has 0 bridgehead atoms. The molecule has 2 aliphatic heterocycles. The minimum Gasteiger partial charge on any atom is -0.349 e. The summed E-state index contributed by atoms with van der Waals surface area (Å²) in [5.41, 5.74) is 3.23. The molecule has 5 nitrogen and oxygen atoms in total. The van der Waals surface area contributed by atoms with Gasteiger partial charge in [-0.15, -0.1) is 11.8 Å². The first kappa shape index (κ1) is 21.9. The molecule has 0 aromatic heterocycles. The third-order valence-corrected chi connectivity index (χ3v) is 9.88. The molecule has 1 saturated heterocycles. The summed E-state index contributed by atoms with van der Waals surface area (Å²) < 4.78 is 41.5. The molecule has 2 heterocycles. The largest absolute Gasteiger partial charge is 0.349 e. The van der Waals surface area contributed by atoms with Crippen molar-refractivity contribution in [2.24, 2.45) is 5.92 Å². The minimum absolute atomic E-state index is 0.0633. The van der Waals surface area contributed by atoms with E-state index in [2.05, 4.69) is 5.32 Å². The van der Waals surface area contributed by atoms with Crippen molar-refractivity contribution in [3.63, 3.8) is 0 Å². The maximum absolute atomic E-state index is 13.7. The topological polar surface area (TPSA) is 66.5 Å². The number of halogens is 1. The Labute approximate surface area is 192 Å². The molecule has 32 heavy (non-hydrogen) atoms. The van der Waals surface area contributed by atoms with Crippen LogP contribution in [0.5, 0.6) is 0 Å². The molecular formula is C24H27FN2O3S2. The van der Waals surface area contributed by atoms with Crippen LogP contribution >= 0.6 is 11.8 Å². The second-order valence-electron chi connectivity index (χ2n) is 8.84. The molecule has 2 aromatic carbocycles. The van der Waals surface area contributed by atoms with Crippen LogP contribution in [-0.4, -0.2) is 37.5 Å². The van der Waals surface area contributed by atoms with E-state index < -0.39 is 10.0 Å². The summed E-state index contributed by atoms with van der Waals surface area (Å²) in [7, 11) is -3.55. The number of hydrogen-bond donors (Lipinski definition) is 1. The fourth-order valence-corrected chi connectivity index (χ4v) is 7.65. The first-order valence-electron chi connectivity index (χ1n) is 11.3. The van der Waals surface area contributed by atoms with E-state index in [1.54, 1.807) is 23.9 Å². The number of aryl methyl sites for hydroxylation is 2. The second-order valence-corrected chi connectivity index (χ2v) is 11.9. The Morgan fingerprint density at radius 2 is 1.81 bits per heavy atom. The number of benzene rings is 2. The Morgan fingerprint density at radius 1 is 1.03 bits per heavy atom. The lowest BCUT2D eigenvalue weighted by atomic mass is 9.95. The fraction of sp³-hybridized carbons (Fsp3) is 0.458. The van der Waals surface area contributed by atoms with Crippen LogP contribution in [-0.2, 0) is 27.7 Å². The van der Waals surface area contributed by atoms with Crippen LogP contribution in [0, 0.1) is 11.7 Å². The first-order valence-corrected chi connectivity index (χ1v) is 13.7. The van der Waals surface area contributed by atoms with Gasteiger partial charge in [-0.05, 0) is 85.5 Å². The molecule has 8 heteroatoms. The van der Waals surface area contributed by atoms with Crippen molar-refractivity contribution in [2.75, 3.05) is 18.8 Å². The number of piperidine rings is 1. The van der Waals surface area contributed by atoms with E-state index in [4.69, 9.17) is 0 Å². The molecule has 1 fully saturated rings. The van der Waals surface area contributed by atoms with Crippen molar-refractivity contribution in [2.45, 2.75) is 54.4 Å². The molecule has 3 aliphatic rings. The van der Waals surface area contributed by atoms with Gasteiger partial charge >= 0.3 is 0 Å². The van der Waals surface area contributed by atoms with Gasteiger partial charge in [0.2, 0.25) is 15.9 Å². The highest BCUT2D eigenvalue weighted by atomic mass is 32.2. The molecular weight excluding hydrogens is 447 g/mol. The number of nitrogens with one attached hydrogen (secondary N) is 1. The van der Waals surface area contributed by atoms with Crippen LogP contribution in [0.2, 0.25) is 0 Å². The number of carbonyl (C=O) groups is 1. The maximum atomic E-state index is 13.7. The van der Waals surface area contributed by atoms with Crippen molar-refractivity contribution < 1.29 is 17.6 Å². The van der Waals surface area contributed by atoms with Crippen LogP contribution in [0.15, 0.2) is 46.2 Å². The highest BCUT2D eigenvalue weighted by molar-refractivity contribution is 7.99.